The minimum Gasteiger partial charge on any atom is -0.494 e. The highest BCUT2D eigenvalue weighted by Gasteiger charge is 2.36. The van der Waals surface area contributed by atoms with Crippen molar-refractivity contribution >= 4 is 37.6 Å². The number of hydrogen-bond acceptors (Lipinski definition) is 4. The van der Waals surface area contributed by atoms with E-state index in [0.29, 0.717) is 17.3 Å². The van der Waals surface area contributed by atoms with Gasteiger partial charge in [0.25, 0.3) is 0 Å². The summed E-state index contributed by atoms with van der Waals surface area (Å²) in [5.74, 6) is 0.183. The van der Waals surface area contributed by atoms with Crippen LogP contribution in [0.5, 0.6) is 5.75 Å². The predicted molar refractivity (Wildman–Crippen MR) is 79.7 cm³/mol. The van der Waals surface area contributed by atoms with E-state index < -0.39 is 15.6 Å². The molecule has 0 aliphatic heterocycles. The van der Waals surface area contributed by atoms with Crippen LogP contribution in [0.25, 0.3) is 0 Å². The molecular weight excluding hydrogens is 370 g/mol. The smallest absolute Gasteiger partial charge is 0.244 e. The monoisotopic (exact) mass is 383 g/mol. The molecule has 2 rings (SSSR count). The van der Waals surface area contributed by atoms with Crippen LogP contribution in [-0.4, -0.2) is 32.8 Å². The van der Waals surface area contributed by atoms with Crippen molar-refractivity contribution in [3.05, 3.63) is 21.6 Å². The van der Waals surface area contributed by atoms with Crippen LogP contribution < -0.4 is 9.46 Å². The molecule has 8 heteroatoms. The Labute approximate surface area is 131 Å². The van der Waals surface area contributed by atoms with Gasteiger partial charge in [0.05, 0.1) is 17.2 Å². The fourth-order valence-electron chi connectivity index (χ4n) is 2.00. The second-order valence-corrected chi connectivity index (χ2v) is 7.85. The minimum atomic E-state index is -3.81. The highest BCUT2D eigenvalue weighted by atomic mass is 79.9. The average molecular weight is 385 g/mol. The van der Waals surface area contributed by atoms with Crippen LogP contribution >= 0.6 is 27.5 Å². The lowest BCUT2D eigenvalue weighted by atomic mass is 9.81. The Kier molecular flexibility index (Phi) is 4.66. The number of ether oxygens (including phenoxy) is 1. The summed E-state index contributed by atoms with van der Waals surface area (Å²) in [6.07, 6.45) is 2.11. The maximum Gasteiger partial charge on any atom is 0.244 e. The minimum absolute atomic E-state index is 0.0113. The first-order valence-corrected chi connectivity index (χ1v) is 8.68. The van der Waals surface area contributed by atoms with Crippen molar-refractivity contribution in [1.82, 2.24) is 4.72 Å². The van der Waals surface area contributed by atoms with Crippen molar-refractivity contribution < 1.29 is 18.3 Å². The summed E-state index contributed by atoms with van der Waals surface area (Å²) in [5, 5.41) is 10.2. The normalized spacial score (nSPS) is 17.6. The van der Waals surface area contributed by atoms with Gasteiger partial charge < -0.3 is 9.84 Å². The van der Waals surface area contributed by atoms with Crippen LogP contribution in [0.15, 0.2) is 21.5 Å². The lowest BCUT2D eigenvalue weighted by molar-refractivity contribution is -0.0271. The molecule has 1 aromatic rings. The van der Waals surface area contributed by atoms with Crippen LogP contribution in [0, 0.1) is 0 Å². The molecule has 1 saturated carbocycles. The molecule has 1 aliphatic carbocycles. The van der Waals surface area contributed by atoms with Crippen molar-refractivity contribution in [2.75, 3.05) is 13.7 Å². The van der Waals surface area contributed by atoms with Gasteiger partial charge in [-0.1, -0.05) is 11.6 Å². The Hall–Kier alpha value is -0.340. The van der Waals surface area contributed by atoms with E-state index in [0.717, 1.165) is 6.42 Å². The van der Waals surface area contributed by atoms with Crippen LogP contribution in [-0.2, 0) is 10.0 Å². The Bertz CT molecular complexity index is 616. The van der Waals surface area contributed by atoms with Crippen LogP contribution in [0.4, 0.5) is 0 Å². The third-order valence-electron chi connectivity index (χ3n) is 3.34. The first-order chi connectivity index (χ1) is 9.27. The molecule has 0 radical (unpaired) electrons. The summed E-state index contributed by atoms with van der Waals surface area (Å²) in [5.41, 5.74) is -0.934. The number of halogens is 2. The van der Waals surface area contributed by atoms with E-state index in [-0.39, 0.29) is 22.2 Å². The van der Waals surface area contributed by atoms with E-state index in [9.17, 15) is 13.5 Å². The standard InChI is InChI=1S/C12H15BrClNO4S/c1-19-11-9(13)5-8(14)6-10(11)20(17,18)15-7-12(16)3-2-4-12/h5-6,15-16H,2-4,7H2,1H3. The largest absolute Gasteiger partial charge is 0.494 e. The SMILES string of the molecule is COc1c(Br)cc(Cl)cc1S(=O)(=O)NCC1(O)CCC1. The molecule has 2 N–H and O–H groups in total. The number of nitrogens with one attached hydrogen (secondary N) is 1. The number of aliphatic hydroxyl groups is 1. The summed E-state index contributed by atoms with van der Waals surface area (Å²) in [4.78, 5) is -0.0534. The molecule has 0 atom stereocenters. The van der Waals surface area contributed by atoms with Gasteiger partial charge in [-0.2, -0.15) is 0 Å². The second-order valence-electron chi connectivity index (χ2n) is 4.82. The molecule has 0 spiro atoms. The number of methoxy groups -OCH3 is 1. The molecule has 0 heterocycles. The van der Waals surface area contributed by atoms with Gasteiger partial charge in [-0.15, -0.1) is 0 Å². The first kappa shape index (κ1) is 16.0. The van der Waals surface area contributed by atoms with E-state index in [1.807, 2.05) is 0 Å². The van der Waals surface area contributed by atoms with Gasteiger partial charge in [0, 0.05) is 11.6 Å². The highest BCUT2D eigenvalue weighted by molar-refractivity contribution is 9.10. The zero-order valence-electron chi connectivity index (χ0n) is 10.8. The molecule has 0 aromatic heterocycles. The van der Waals surface area contributed by atoms with Crippen molar-refractivity contribution in [3.63, 3.8) is 0 Å². The average Bonchev–Trinajstić information content (AvgIpc) is 2.33. The summed E-state index contributed by atoms with van der Waals surface area (Å²) in [6, 6.07) is 2.87. The Morgan fingerprint density at radius 1 is 1.50 bits per heavy atom. The van der Waals surface area contributed by atoms with Gasteiger partial charge in [0.2, 0.25) is 10.0 Å². The topological polar surface area (TPSA) is 75.6 Å². The van der Waals surface area contributed by atoms with Gasteiger partial charge in [-0.05, 0) is 47.3 Å². The Morgan fingerprint density at radius 3 is 2.65 bits per heavy atom. The lowest BCUT2D eigenvalue weighted by Crippen LogP contribution is -2.47. The maximum absolute atomic E-state index is 12.3. The van der Waals surface area contributed by atoms with Crippen molar-refractivity contribution in [2.45, 2.75) is 29.8 Å². The summed E-state index contributed by atoms with van der Waals surface area (Å²) in [6.45, 7) is -0.0113. The van der Waals surface area contributed by atoms with Gasteiger partial charge in [-0.25, -0.2) is 13.1 Å². The summed E-state index contributed by atoms with van der Waals surface area (Å²) < 4.78 is 32.6. The Balaban J connectivity index is 2.29. The third kappa shape index (κ3) is 3.28. The molecular formula is C12H15BrClNO4S. The van der Waals surface area contributed by atoms with Crippen LogP contribution in [0.2, 0.25) is 5.02 Å². The van der Waals surface area contributed by atoms with Gasteiger partial charge in [0.1, 0.15) is 4.90 Å². The second kappa shape index (κ2) is 5.81. The molecule has 1 aliphatic rings. The van der Waals surface area contributed by atoms with E-state index in [1.165, 1.54) is 13.2 Å². The fraction of sp³-hybridized carbons (Fsp3) is 0.500. The zero-order chi connectivity index (χ0) is 15.0. The molecule has 0 amide bonds. The number of benzene rings is 1. The molecule has 0 unspecified atom stereocenters. The Morgan fingerprint density at radius 2 is 2.15 bits per heavy atom. The van der Waals surface area contributed by atoms with Gasteiger partial charge in [0.15, 0.2) is 5.75 Å². The molecule has 5 nitrogen and oxygen atoms in total. The van der Waals surface area contributed by atoms with Gasteiger partial charge in [-0.3, -0.25) is 0 Å². The van der Waals surface area contributed by atoms with E-state index in [2.05, 4.69) is 20.7 Å². The maximum atomic E-state index is 12.3. The van der Waals surface area contributed by atoms with E-state index >= 15 is 0 Å². The van der Waals surface area contributed by atoms with Crippen molar-refractivity contribution in [1.29, 1.82) is 0 Å². The summed E-state index contributed by atoms with van der Waals surface area (Å²) in [7, 11) is -2.43. The van der Waals surface area contributed by atoms with E-state index in [4.69, 9.17) is 16.3 Å². The quantitative estimate of drug-likeness (QED) is 0.817. The molecule has 0 bridgehead atoms. The fourth-order valence-corrected chi connectivity index (χ4v) is 4.50. The van der Waals surface area contributed by atoms with E-state index in [1.54, 1.807) is 6.07 Å². The first-order valence-electron chi connectivity index (χ1n) is 6.02. The van der Waals surface area contributed by atoms with Crippen LogP contribution in [0.1, 0.15) is 19.3 Å². The third-order valence-corrected chi connectivity index (χ3v) is 5.56. The predicted octanol–water partition coefficient (Wildman–Crippen LogP) is 2.30. The molecule has 1 fully saturated rings. The molecule has 1 aromatic carbocycles. The molecule has 0 saturated heterocycles. The number of sulfonamides is 1. The highest BCUT2D eigenvalue weighted by Crippen LogP contribution is 2.36. The number of hydrogen-bond donors (Lipinski definition) is 2. The molecule has 20 heavy (non-hydrogen) atoms. The summed E-state index contributed by atoms with van der Waals surface area (Å²) >= 11 is 9.10. The van der Waals surface area contributed by atoms with Crippen molar-refractivity contribution in [2.24, 2.45) is 0 Å². The number of rotatable bonds is 5. The van der Waals surface area contributed by atoms with Crippen LogP contribution in [0.3, 0.4) is 0 Å². The van der Waals surface area contributed by atoms with Gasteiger partial charge >= 0.3 is 0 Å². The van der Waals surface area contributed by atoms with Crippen molar-refractivity contribution in [3.8, 4) is 5.75 Å². The molecule has 112 valence electrons. The lowest BCUT2D eigenvalue weighted by Gasteiger charge is -2.36. The zero-order valence-corrected chi connectivity index (χ0v) is 14.0.